The SMILES string of the molecule is CN(C)c1nc(NCCc2nc(-c3cccnc3)n[nH]2)ncc1F. The second-order valence-electron chi connectivity index (χ2n) is 5.28. The van der Waals surface area contributed by atoms with E-state index in [4.69, 9.17) is 0 Å². The van der Waals surface area contributed by atoms with Crippen LogP contribution in [0.2, 0.25) is 0 Å². The van der Waals surface area contributed by atoms with Crippen LogP contribution in [0.5, 0.6) is 0 Å². The van der Waals surface area contributed by atoms with E-state index < -0.39 is 5.82 Å². The minimum atomic E-state index is -0.457. The van der Waals surface area contributed by atoms with E-state index in [1.165, 1.54) is 0 Å². The molecule has 3 heterocycles. The molecule has 24 heavy (non-hydrogen) atoms. The molecule has 2 N–H and O–H groups in total. The number of nitrogens with one attached hydrogen (secondary N) is 2. The molecule has 3 aromatic heterocycles. The largest absolute Gasteiger partial charge is 0.360 e. The lowest BCUT2D eigenvalue weighted by Gasteiger charge is -2.13. The second-order valence-corrected chi connectivity index (χ2v) is 5.28. The minimum Gasteiger partial charge on any atom is -0.360 e. The predicted molar refractivity (Wildman–Crippen MR) is 88.1 cm³/mol. The van der Waals surface area contributed by atoms with Crippen LogP contribution < -0.4 is 10.2 Å². The fourth-order valence-corrected chi connectivity index (χ4v) is 2.08. The highest BCUT2D eigenvalue weighted by Crippen LogP contribution is 2.15. The highest BCUT2D eigenvalue weighted by atomic mass is 19.1. The zero-order valence-corrected chi connectivity index (χ0v) is 13.4. The van der Waals surface area contributed by atoms with Crippen LogP contribution in [-0.2, 0) is 6.42 Å². The lowest BCUT2D eigenvalue weighted by Crippen LogP contribution is -2.16. The molecule has 0 amide bonds. The van der Waals surface area contributed by atoms with Crippen LogP contribution in [0, 0.1) is 5.82 Å². The molecule has 0 aromatic carbocycles. The normalized spacial score (nSPS) is 10.6. The summed E-state index contributed by atoms with van der Waals surface area (Å²) in [7, 11) is 3.45. The monoisotopic (exact) mass is 328 g/mol. The summed E-state index contributed by atoms with van der Waals surface area (Å²) in [4.78, 5) is 18.1. The summed E-state index contributed by atoms with van der Waals surface area (Å²) in [5, 5.41) is 10.1. The number of nitrogens with zero attached hydrogens (tertiary/aromatic N) is 6. The van der Waals surface area contributed by atoms with E-state index >= 15 is 0 Å². The highest BCUT2D eigenvalue weighted by molar-refractivity contribution is 5.52. The van der Waals surface area contributed by atoms with Gasteiger partial charge in [-0.2, -0.15) is 10.1 Å². The van der Waals surface area contributed by atoms with Crippen molar-refractivity contribution in [3.05, 3.63) is 42.4 Å². The van der Waals surface area contributed by atoms with Crippen molar-refractivity contribution in [2.75, 3.05) is 30.9 Å². The Balaban J connectivity index is 1.59. The Bertz CT molecular complexity index is 802. The highest BCUT2D eigenvalue weighted by Gasteiger charge is 2.09. The predicted octanol–water partition coefficient (Wildman–Crippen LogP) is 1.52. The van der Waals surface area contributed by atoms with E-state index in [2.05, 4.69) is 35.5 Å². The number of aromatic nitrogens is 6. The molecule has 0 aliphatic heterocycles. The Morgan fingerprint density at radius 3 is 2.88 bits per heavy atom. The summed E-state index contributed by atoms with van der Waals surface area (Å²) in [6.07, 6.45) is 5.16. The van der Waals surface area contributed by atoms with Crippen LogP contribution in [0.25, 0.3) is 11.4 Å². The molecule has 0 fully saturated rings. The van der Waals surface area contributed by atoms with Gasteiger partial charge in [0.25, 0.3) is 0 Å². The maximum atomic E-state index is 13.5. The zero-order chi connectivity index (χ0) is 16.9. The molecule has 9 heteroatoms. The average Bonchev–Trinajstić information content (AvgIpc) is 3.06. The van der Waals surface area contributed by atoms with E-state index in [9.17, 15) is 4.39 Å². The first kappa shape index (κ1) is 15.8. The van der Waals surface area contributed by atoms with Crippen molar-refractivity contribution in [1.82, 2.24) is 30.1 Å². The fraction of sp³-hybridized carbons (Fsp3) is 0.267. The Kier molecular flexibility index (Phi) is 4.59. The van der Waals surface area contributed by atoms with Gasteiger partial charge in [0.05, 0.1) is 6.20 Å². The van der Waals surface area contributed by atoms with E-state index in [1.54, 1.807) is 31.4 Å². The summed E-state index contributed by atoms with van der Waals surface area (Å²) >= 11 is 0. The zero-order valence-electron chi connectivity index (χ0n) is 13.4. The van der Waals surface area contributed by atoms with Crippen molar-refractivity contribution >= 4 is 11.8 Å². The number of halogens is 1. The molecule has 0 aliphatic carbocycles. The van der Waals surface area contributed by atoms with Gasteiger partial charge in [-0.1, -0.05) is 0 Å². The van der Waals surface area contributed by atoms with Gasteiger partial charge >= 0.3 is 0 Å². The first-order valence-corrected chi connectivity index (χ1v) is 7.39. The van der Waals surface area contributed by atoms with Crippen LogP contribution in [0.15, 0.2) is 30.7 Å². The summed E-state index contributed by atoms with van der Waals surface area (Å²) in [5.74, 6) is 1.49. The Hall–Kier alpha value is -3.10. The second kappa shape index (κ2) is 6.99. The van der Waals surface area contributed by atoms with Gasteiger partial charge in [-0.05, 0) is 12.1 Å². The lowest BCUT2D eigenvalue weighted by atomic mass is 10.3. The molecule has 0 aliphatic rings. The van der Waals surface area contributed by atoms with E-state index in [0.717, 1.165) is 17.6 Å². The molecule has 3 rings (SSSR count). The van der Waals surface area contributed by atoms with Gasteiger partial charge in [0.2, 0.25) is 5.95 Å². The van der Waals surface area contributed by atoms with Gasteiger partial charge in [-0.15, -0.1) is 0 Å². The molecule has 0 saturated heterocycles. The lowest BCUT2D eigenvalue weighted by molar-refractivity contribution is 0.612. The summed E-state index contributed by atoms with van der Waals surface area (Å²) in [5.41, 5.74) is 0.852. The van der Waals surface area contributed by atoms with Gasteiger partial charge in [0.1, 0.15) is 5.82 Å². The number of H-pyrrole nitrogens is 1. The number of aromatic amines is 1. The van der Waals surface area contributed by atoms with E-state index in [1.807, 2.05) is 12.1 Å². The maximum Gasteiger partial charge on any atom is 0.224 e. The first-order chi connectivity index (χ1) is 11.6. The van der Waals surface area contributed by atoms with Crippen molar-refractivity contribution in [3.63, 3.8) is 0 Å². The number of hydrogen-bond donors (Lipinski definition) is 2. The van der Waals surface area contributed by atoms with Crippen LogP contribution >= 0.6 is 0 Å². The quantitative estimate of drug-likeness (QED) is 0.708. The van der Waals surface area contributed by atoms with Crippen LogP contribution in [0.4, 0.5) is 16.2 Å². The summed E-state index contributed by atoms with van der Waals surface area (Å²) < 4.78 is 13.5. The third kappa shape index (κ3) is 3.62. The third-order valence-corrected chi connectivity index (χ3v) is 3.25. The summed E-state index contributed by atoms with van der Waals surface area (Å²) in [6.45, 7) is 0.542. The topological polar surface area (TPSA) is 95.5 Å². The van der Waals surface area contributed by atoms with Crippen molar-refractivity contribution in [2.45, 2.75) is 6.42 Å². The van der Waals surface area contributed by atoms with Crippen molar-refractivity contribution < 1.29 is 4.39 Å². The average molecular weight is 328 g/mol. The van der Waals surface area contributed by atoms with E-state index in [0.29, 0.717) is 24.7 Å². The molecule has 0 atom stereocenters. The third-order valence-electron chi connectivity index (χ3n) is 3.25. The van der Waals surface area contributed by atoms with Crippen LogP contribution in [0.3, 0.4) is 0 Å². The number of anilines is 2. The summed E-state index contributed by atoms with van der Waals surface area (Å²) in [6, 6.07) is 3.73. The fourth-order valence-electron chi connectivity index (χ4n) is 2.08. The Morgan fingerprint density at radius 1 is 1.25 bits per heavy atom. The Labute approximate surface area is 138 Å². The molecule has 0 spiro atoms. The maximum absolute atomic E-state index is 13.5. The molecular weight excluding hydrogens is 311 g/mol. The molecule has 3 aromatic rings. The van der Waals surface area contributed by atoms with Crippen molar-refractivity contribution in [3.8, 4) is 11.4 Å². The van der Waals surface area contributed by atoms with Gasteiger partial charge in [-0.3, -0.25) is 10.1 Å². The van der Waals surface area contributed by atoms with Crippen LogP contribution in [0.1, 0.15) is 5.82 Å². The molecule has 0 saturated carbocycles. The van der Waals surface area contributed by atoms with Gasteiger partial charge in [0, 0.05) is 45.0 Å². The molecule has 0 bridgehead atoms. The number of rotatable bonds is 6. The van der Waals surface area contributed by atoms with E-state index in [-0.39, 0.29) is 5.82 Å². The Morgan fingerprint density at radius 2 is 2.12 bits per heavy atom. The minimum absolute atomic E-state index is 0.242. The molecule has 0 radical (unpaired) electrons. The van der Waals surface area contributed by atoms with Crippen LogP contribution in [-0.4, -0.2) is 50.8 Å². The number of hydrogen-bond acceptors (Lipinski definition) is 7. The number of pyridine rings is 1. The molecule has 124 valence electrons. The standard InChI is InChI=1S/C15H17FN8/c1-24(2)14-11(16)9-19-15(21-14)18-7-5-12-20-13(23-22-12)10-4-3-6-17-8-10/h3-4,6,8-9H,5,7H2,1-2H3,(H,18,19,21)(H,20,22,23). The van der Waals surface area contributed by atoms with Gasteiger partial charge < -0.3 is 10.2 Å². The molecule has 8 nitrogen and oxygen atoms in total. The first-order valence-electron chi connectivity index (χ1n) is 7.39. The van der Waals surface area contributed by atoms with Gasteiger partial charge in [0.15, 0.2) is 17.5 Å². The molecular formula is C15H17FN8. The van der Waals surface area contributed by atoms with Crippen molar-refractivity contribution in [1.29, 1.82) is 0 Å². The van der Waals surface area contributed by atoms with Gasteiger partial charge in [-0.25, -0.2) is 14.4 Å². The van der Waals surface area contributed by atoms with Crippen molar-refractivity contribution in [2.24, 2.45) is 0 Å². The molecule has 0 unspecified atom stereocenters. The smallest absolute Gasteiger partial charge is 0.224 e.